The van der Waals surface area contributed by atoms with Crippen molar-refractivity contribution in [3.8, 4) is 0 Å². The highest BCUT2D eigenvalue weighted by molar-refractivity contribution is 14.1. The molecular formula is C14H19IN2O2. The van der Waals surface area contributed by atoms with Crippen molar-refractivity contribution < 1.29 is 9.53 Å². The molecule has 1 aliphatic rings. The Hall–Kier alpha value is -0.660. The summed E-state index contributed by atoms with van der Waals surface area (Å²) in [7, 11) is 1.70. The third kappa shape index (κ3) is 3.90. The van der Waals surface area contributed by atoms with Crippen molar-refractivity contribution in [2.75, 3.05) is 26.8 Å². The summed E-state index contributed by atoms with van der Waals surface area (Å²) < 4.78 is 6.34. The molecule has 1 aromatic carbocycles. The van der Waals surface area contributed by atoms with Gasteiger partial charge in [0.2, 0.25) is 0 Å². The molecular weight excluding hydrogens is 355 g/mol. The molecule has 0 spiro atoms. The monoisotopic (exact) mass is 374 g/mol. The summed E-state index contributed by atoms with van der Waals surface area (Å²) in [6, 6.07) is 7.60. The zero-order valence-corrected chi connectivity index (χ0v) is 13.2. The molecule has 0 radical (unpaired) electrons. The van der Waals surface area contributed by atoms with Crippen molar-refractivity contribution in [1.82, 2.24) is 10.6 Å². The van der Waals surface area contributed by atoms with Crippen LogP contribution in [0.4, 0.5) is 0 Å². The van der Waals surface area contributed by atoms with E-state index in [2.05, 4.69) is 33.2 Å². The second-order valence-corrected chi connectivity index (χ2v) is 6.18. The van der Waals surface area contributed by atoms with Crippen molar-refractivity contribution >= 4 is 28.5 Å². The molecule has 19 heavy (non-hydrogen) atoms. The third-order valence-electron chi connectivity index (χ3n) is 3.43. The summed E-state index contributed by atoms with van der Waals surface area (Å²) in [4.78, 5) is 12.1. The summed E-state index contributed by atoms with van der Waals surface area (Å²) >= 11 is 2.21. The molecule has 1 aliphatic heterocycles. The van der Waals surface area contributed by atoms with E-state index in [1.165, 1.54) is 0 Å². The van der Waals surface area contributed by atoms with Crippen LogP contribution in [0.5, 0.6) is 0 Å². The number of ether oxygens (including phenoxy) is 1. The Labute approximate surface area is 127 Å². The number of rotatable bonds is 5. The van der Waals surface area contributed by atoms with Gasteiger partial charge in [-0.15, -0.1) is 0 Å². The van der Waals surface area contributed by atoms with Gasteiger partial charge in [-0.2, -0.15) is 0 Å². The van der Waals surface area contributed by atoms with Crippen LogP contribution in [0.15, 0.2) is 24.3 Å². The Morgan fingerprint density at radius 1 is 1.58 bits per heavy atom. The fourth-order valence-corrected chi connectivity index (χ4v) is 2.99. The average molecular weight is 374 g/mol. The van der Waals surface area contributed by atoms with Crippen LogP contribution in [0.3, 0.4) is 0 Å². The zero-order valence-electron chi connectivity index (χ0n) is 11.0. The fraction of sp³-hybridized carbons (Fsp3) is 0.500. The van der Waals surface area contributed by atoms with E-state index in [1.807, 2.05) is 24.3 Å². The molecule has 0 aromatic heterocycles. The summed E-state index contributed by atoms with van der Waals surface area (Å²) in [5.41, 5.74) is 0.601. The Balaban J connectivity index is 1.95. The van der Waals surface area contributed by atoms with Gasteiger partial charge in [-0.1, -0.05) is 6.07 Å². The molecule has 1 heterocycles. The number of amides is 1. The van der Waals surface area contributed by atoms with Crippen LogP contribution in [0.25, 0.3) is 0 Å². The molecule has 2 rings (SSSR count). The molecule has 1 unspecified atom stereocenters. The Morgan fingerprint density at radius 3 is 3.05 bits per heavy atom. The average Bonchev–Trinajstić information content (AvgIpc) is 2.85. The van der Waals surface area contributed by atoms with Gasteiger partial charge in [0.05, 0.1) is 12.1 Å². The lowest BCUT2D eigenvalue weighted by molar-refractivity contribution is 0.0892. The number of nitrogens with one attached hydrogen (secondary N) is 2. The zero-order chi connectivity index (χ0) is 13.7. The number of hydrogen-bond donors (Lipinski definition) is 2. The number of methoxy groups -OCH3 is 1. The van der Waals surface area contributed by atoms with Crippen LogP contribution >= 0.6 is 22.6 Å². The van der Waals surface area contributed by atoms with E-state index in [9.17, 15) is 4.79 Å². The minimum Gasteiger partial charge on any atom is -0.383 e. The minimum absolute atomic E-state index is 0.0253. The van der Waals surface area contributed by atoms with Crippen LogP contribution < -0.4 is 10.6 Å². The lowest BCUT2D eigenvalue weighted by atomic mass is 9.98. The molecule has 1 amide bonds. The normalized spacial score (nSPS) is 22.4. The molecule has 0 bridgehead atoms. The molecule has 1 saturated heterocycles. The largest absolute Gasteiger partial charge is 0.383 e. The first-order valence-electron chi connectivity index (χ1n) is 6.43. The summed E-state index contributed by atoms with van der Waals surface area (Å²) in [6.07, 6.45) is 2.16. The van der Waals surface area contributed by atoms with E-state index in [0.717, 1.165) is 23.0 Å². The summed E-state index contributed by atoms with van der Waals surface area (Å²) in [5.74, 6) is -0.0253. The maximum atomic E-state index is 12.1. The maximum absolute atomic E-state index is 12.1. The van der Waals surface area contributed by atoms with E-state index in [1.54, 1.807) is 7.11 Å². The van der Waals surface area contributed by atoms with Crippen molar-refractivity contribution in [3.63, 3.8) is 0 Å². The van der Waals surface area contributed by atoms with Crippen LogP contribution in [-0.4, -0.2) is 38.3 Å². The topological polar surface area (TPSA) is 50.4 Å². The molecule has 1 fully saturated rings. The first kappa shape index (κ1) is 14.7. The molecule has 2 N–H and O–H groups in total. The molecule has 1 atom stereocenters. The number of carbonyl (C=O) groups excluding carboxylic acids is 1. The summed E-state index contributed by atoms with van der Waals surface area (Å²) in [5, 5.41) is 6.46. The van der Waals surface area contributed by atoms with E-state index < -0.39 is 0 Å². The molecule has 0 saturated carbocycles. The second-order valence-electron chi connectivity index (χ2n) is 4.94. The van der Waals surface area contributed by atoms with Gasteiger partial charge in [0.25, 0.3) is 5.91 Å². The van der Waals surface area contributed by atoms with Crippen molar-refractivity contribution in [3.05, 3.63) is 33.4 Å². The Morgan fingerprint density at radius 2 is 2.42 bits per heavy atom. The lowest BCUT2D eigenvalue weighted by Gasteiger charge is -2.28. The van der Waals surface area contributed by atoms with Gasteiger partial charge in [0.1, 0.15) is 0 Å². The molecule has 0 aliphatic carbocycles. The number of benzene rings is 1. The van der Waals surface area contributed by atoms with Gasteiger partial charge in [0.15, 0.2) is 0 Å². The van der Waals surface area contributed by atoms with Gasteiger partial charge in [-0.05, 0) is 60.2 Å². The smallest absolute Gasteiger partial charge is 0.251 e. The third-order valence-corrected chi connectivity index (χ3v) is 4.10. The van der Waals surface area contributed by atoms with Crippen molar-refractivity contribution in [2.24, 2.45) is 0 Å². The first-order valence-corrected chi connectivity index (χ1v) is 7.51. The fourth-order valence-electron chi connectivity index (χ4n) is 2.45. The summed E-state index contributed by atoms with van der Waals surface area (Å²) in [6.45, 7) is 2.22. The molecule has 4 nitrogen and oxygen atoms in total. The van der Waals surface area contributed by atoms with E-state index in [4.69, 9.17) is 4.74 Å². The highest BCUT2D eigenvalue weighted by Crippen LogP contribution is 2.19. The van der Waals surface area contributed by atoms with E-state index >= 15 is 0 Å². The standard InChI is InChI=1S/C14H19IN2O2/c1-19-10-14(6-3-7-17-14)9-16-13(18)11-4-2-5-12(15)8-11/h2,4-5,8,17H,3,6-7,9-10H2,1H3,(H,16,18). The number of hydrogen-bond acceptors (Lipinski definition) is 3. The molecule has 5 heteroatoms. The lowest BCUT2D eigenvalue weighted by Crippen LogP contribution is -2.53. The van der Waals surface area contributed by atoms with Gasteiger partial charge in [0, 0.05) is 22.8 Å². The molecule has 1 aromatic rings. The van der Waals surface area contributed by atoms with Crippen LogP contribution in [0, 0.1) is 3.57 Å². The highest BCUT2D eigenvalue weighted by Gasteiger charge is 2.33. The second kappa shape index (κ2) is 6.67. The Bertz CT molecular complexity index is 445. The van der Waals surface area contributed by atoms with Gasteiger partial charge >= 0.3 is 0 Å². The van der Waals surface area contributed by atoms with Gasteiger partial charge in [-0.25, -0.2) is 0 Å². The SMILES string of the molecule is COCC1(CNC(=O)c2cccc(I)c2)CCCN1. The number of halogens is 1. The minimum atomic E-state index is -0.105. The quantitative estimate of drug-likeness (QED) is 0.773. The highest BCUT2D eigenvalue weighted by atomic mass is 127. The van der Waals surface area contributed by atoms with Crippen LogP contribution in [0.2, 0.25) is 0 Å². The van der Waals surface area contributed by atoms with Crippen LogP contribution in [-0.2, 0) is 4.74 Å². The molecule has 104 valence electrons. The predicted molar refractivity (Wildman–Crippen MR) is 83.3 cm³/mol. The predicted octanol–water partition coefficient (Wildman–Crippen LogP) is 1.79. The maximum Gasteiger partial charge on any atom is 0.251 e. The first-order chi connectivity index (χ1) is 9.15. The number of carbonyl (C=O) groups is 1. The van der Waals surface area contributed by atoms with Gasteiger partial charge < -0.3 is 15.4 Å². The van der Waals surface area contributed by atoms with Gasteiger partial charge in [-0.3, -0.25) is 4.79 Å². The van der Waals surface area contributed by atoms with Crippen molar-refractivity contribution in [1.29, 1.82) is 0 Å². The Kier molecular flexibility index (Phi) is 5.18. The van der Waals surface area contributed by atoms with Crippen LogP contribution in [0.1, 0.15) is 23.2 Å². The van der Waals surface area contributed by atoms with E-state index in [-0.39, 0.29) is 11.4 Å². The van der Waals surface area contributed by atoms with Crippen molar-refractivity contribution in [2.45, 2.75) is 18.4 Å². The van der Waals surface area contributed by atoms with E-state index in [0.29, 0.717) is 18.7 Å².